The van der Waals surface area contributed by atoms with Crippen molar-refractivity contribution < 1.29 is 21.4 Å². The first kappa shape index (κ1) is 12.2. The summed E-state index contributed by atoms with van der Waals surface area (Å²) in [5.74, 6) is -7.06. The summed E-state index contributed by atoms with van der Waals surface area (Å²) in [4.78, 5) is -1.36. The highest BCUT2D eigenvalue weighted by Gasteiger charge is 2.25. The summed E-state index contributed by atoms with van der Waals surface area (Å²) in [7, 11) is 0. The SMILES string of the molecule is FSc1c(F)c(F)c(NC=S)c(F)c1F. The Hall–Kier alpha value is -0.890. The summed E-state index contributed by atoms with van der Waals surface area (Å²) >= 11 is 3.29. The van der Waals surface area contributed by atoms with Crippen molar-refractivity contribution in [3.63, 3.8) is 0 Å². The molecule has 0 fully saturated rings. The maximum Gasteiger partial charge on any atom is 0.186 e. The van der Waals surface area contributed by atoms with Gasteiger partial charge in [-0.25, -0.2) is 17.6 Å². The van der Waals surface area contributed by atoms with Crippen molar-refractivity contribution >= 4 is 35.5 Å². The van der Waals surface area contributed by atoms with Crippen molar-refractivity contribution in [1.82, 2.24) is 0 Å². The van der Waals surface area contributed by atoms with E-state index >= 15 is 0 Å². The van der Waals surface area contributed by atoms with Crippen LogP contribution in [0.2, 0.25) is 0 Å². The number of hydrogen-bond donors (Lipinski definition) is 1. The Morgan fingerprint density at radius 3 is 1.80 bits per heavy atom. The molecule has 82 valence electrons. The molecule has 1 rings (SSSR count). The average Bonchev–Trinajstić information content (AvgIpc) is 2.23. The van der Waals surface area contributed by atoms with Crippen LogP contribution in [0.5, 0.6) is 0 Å². The summed E-state index contributed by atoms with van der Waals surface area (Å²) in [5.41, 5.74) is -0.416. The van der Waals surface area contributed by atoms with Gasteiger partial charge in [0.15, 0.2) is 23.3 Å². The maximum absolute atomic E-state index is 13.0. The van der Waals surface area contributed by atoms with Gasteiger partial charge < -0.3 is 5.32 Å². The van der Waals surface area contributed by atoms with Crippen molar-refractivity contribution in [2.75, 3.05) is 5.32 Å². The fourth-order valence-corrected chi connectivity index (χ4v) is 1.30. The molecule has 0 aliphatic carbocycles. The molecule has 0 amide bonds. The molecule has 15 heavy (non-hydrogen) atoms. The highest BCUT2D eigenvalue weighted by atomic mass is 32.2. The first-order valence-corrected chi connectivity index (χ1v) is 4.58. The Morgan fingerprint density at radius 1 is 1.00 bits per heavy atom. The lowest BCUT2D eigenvalue weighted by Crippen LogP contribution is -2.06. The van der Waals surface area contributed by atoms with Gasteiger partial charge in [0, 0.05) is 0 Å². The van der Waals surface area contributed by atoms with Crippen LogP contribution in [0.4, 0.5) is 27.1 Å². The minimum Gasteiger partial charge on any atom is -0.348 e. The van der Waals surface area contributed by atoms with Gasteiger partial charge in [-0.2, -0.15) is 3.89 Å². The fraction of sp³-hybridized carbons (Fsp3) is 0. The molecule has 8 heteroatoms. The second-order valence-electron chi connectivity index (χ2n) is 2.30. The van der Waals surface area contributed by atoms with Gasteiger partial charge in [-0.3, -0.25) is 0 Å². The number of hydrogen-bond acceptors (Lipinski definition) is 2. The first-order chi connectivity index (χ1) is 7.04. The van der Waals surface area contributed by atoms with Gasteiger partial charge in [0.05, 0.1) is 17.6 Å². The summed E-state index contributed by atoms with van der Waals surface area (Å²) in [6.07, 6.45) is 0. The van der Waals surface area contributed by atoms with Crippen molar-refractivity contribution in [2.45, 2.75) is 4.90 Å². The Morgan fingerprint density at radius 2 is 1.47 bits per heavy atom. The van der Waals surface area contributed by atoms with Crippen LogP contribution in [0.1, 0.15) is 0 Å². The molecular weight excluding hydrogens is 257 g/mol. The molecule has 0 unspecified atom stereocenters. The zero-order valence-corrected chi connectivity index (χ0v) is 8.42. The van der Waals surface area contributed by atoms with E-state index in [9.17, 15) is 21.4 Å². The molecule has 0 aliphatic heterocycles. The number of benzene rings is 1. The second-order valence-corrected chi connectivity index (χ2v) is 3.10. The summed E-state index contributed by atoms with van der Waals surface area (Å²) < 4.78 is 63.7. The van der Waals surface area contributed by atoms with Crippen LogP contribution in [-0.2, 0) is 0 Å². The molecule has 0 saturated carbocycles. The van der Waals surface area contributed by atoms with Crippen molar-refractivity contribution in [1.29, 1.82) is 0 Å². The highest BCUT2D eigenvalue weighted by molar-refractivity contribution is 7.94. The molecule has 0 saturated heterocycles. The molecule has 1 N–H and O–H groups in total. The minimum atomic E-state index is -1.80. The number of thiocarbonyl (C=S) groups is 1. The van der Waals surface area contributed by atoms with E-state index < -0.39 is 46.0 Å². The van der Waals surface area contributed by atoms with Gasteiger partial charge in [-0.05, 0) is 0 Å². The van der Waals surface area contributed by atoms with Crippen LogP contribution in [0.25, 0.3) is 0 Å². The monoisotopic (exact) mass is 259 g/mol. The largest absolute Gasteiger partial charge is 0.348 e. The number of rotatable bonds is 3. The Labute approximate surface area is 91.0 Å². The molecular formula is C7H2F5NS2. The molecule has 0 aromatic heterocycles. The second kappa shape index (κ2) is 4.75. The third-order valence-corrected chi connectivity index (χ3v) is 2.13. The Bertz CT molecular complexity index is 380. The molecule has 0 bridgehead atoms. The standard InChI is InChI=1S/C7H2F5NS2/c8-2-4(10)7(15-12)5(11)3(9)6(2)13-1-14/h1H,(H,13,14). The van der Waals surface area contributed by atoms with E-state index in [2.05, 4.69) is 12.2 Å². The average molecular weight is 259 g/mol. The van der Waals surface area contributed by atoms with Gasteiger partial charge in [0.25, 0.3) is 0 Å². The van der Waals surface area contributed by atoms with Crippen LogP contribution < -0.4 is 5.32 Å². The van der Waals surface area contributed by atoms with E-state index in [1.165, 1.54) is 0 Å². The van der Waals surface area contributed by atoms with Crippen molar-refractivity contribution in [3.05, 3.63) is 23.3 Å². The summed E-state index contributed by atoms with van der Waals surface area (Å²) in [5, 5.41) is 1.81. The van der Waals surface area contributed by atoms with Crippen LogP contribution in [0.3, 0.4) is 0 Å². The molecule has 0 atom stereocenters. The van der Waals surface area contributed by atoms with E-state index in [0.717, 1.165) is 0 Å². The molecule has 1 nitrogen and oxygen atoms in total. The van der Waals surface area contributed by atoms with Crippen LogP contribution in [0.15, 0.2) is 4.90 Å². The van der Waals surface area contributed by atoms with Crippen LogP contribution in [0, 0.1) is 23.3 Å². The molecule has 0 spiro atoms. The van der Waals surface area contributed by atoms with Gasteiger partial charge in [0.1, 0.15) is 10.6 Å². The molecule has 0 heterocycles. The number of anilines is 1. The molecule has 0 aliphatic rings. The van der Waals surface area contributed by atoms with Crippen molar-refractivity contribution in [2.24, 2.45) is 0 Å². The quantitative estimate of drug-likeness (QED) is 0.506. The number of nitrogens with one attached hydrogen (secondary N) is 1. The van der Waals surface area contributed by atoms with E-state index in [0.29, 0.717) is 5.49 Å². The predicted octanol–water partition coefficient (Wildman–Crippen LogP) is 3.59. The normalized spacial score (nSPS) is 10.2. The lowest BCUT2D eigenvalue weighted by atomic mass is 10.2. The third kappa shape index (κ3) is 2.05. The van der Waals surface area contributed by atoms with E-state index in [4.69, 9.17) is 0 Å². The zero-order chi connectivity index (χ0) is 11.6. The fourth-order valence-electron chi connectivity index (χ4n) is 0.865. The van der Waals surface area contributed by atoms with Gasteiger partial charge in [-0.1, -0.05) is 12.2 Å². The lowest BCUT2D eigenvalue weighted by Gasteiger charge is -2.08. The van der Waals surface area contributed by atoms with E-state index in [-0.39, 0.29) is 0 Å². The van der Waals surface area contributed by atoms with Crippen LogP contribution >= 0.6 is 24.4 Å². The maximum atomic E-state index is 13.0. The lowest BCUT2D eigenvalue weighted by molar-refractivity contribution is 0.430. The van der Waals surface area contributed by atoms with E-state index in [1.54, 1.807) is 5.32 Å². The molecule has 0 radical (unpaired) electrons. The van der Waals surface area contributed by atoms with E-state index in [1.807, 2.05) is 0 Å². The van der Waals surface area contributed by atoms with Gasteiger partial charge >= 0.3 is 0 Å². The highest BCUT2D eigenvalue weighted by Crippen LogP contribution is 2.34. The first-order valence-electron chi connectivity index (χ1n) is 3.39. The zero-order valence-electron chi connectivity index (χ0n) is 6.78. The summed E-state index contributed by atoms with van der Waals surface area (Å²) in [6.45, 7) is 0. The molecule has 1 aromatic rings. The Kier molecular flexibility index (Phi) is 3.86. The van der Waals surface area contributed by atoms with Crippen molar-refractivity contribution in [3.8, 4) is 0 Å². The Balaban J connectivity index is 3.50. The predicted molar refractivity (Wildman–Crippen MR) is 50.5 cm³/mol. The molecule has 1 aromatic carbocycles. The smallest absolute Gasteiger partial charge is 0.186 e. The minimum absolute atomic E-state index is 0.669. The van der Waals surface area contributed by atoms with Gasteiger partial charge in [0.2, 0.25) is 0 Å². The number of halogens is 5. The van der Waals surface area contributed by atoms with Crippen LogP contribution in [-0.4, -0.2) is 5.49 Å². The third-order valence-electron chi connectivity index (χ3n) is 1.50. The summed E-state index contributed by atoms with van der Waals surface area (Å²) in [6, 6.07) is 0. The topological polar surface area (TPSA) is 12.0 Å². The van der Waals surface area contributed by atoms with Gasteiger partial charge in [-0.15, -0.1) is 0 Å².